The molecule has 0 radical (unpaired) electrons. The highest BCUT2D eigenvalue weighted by molar-refractivity contribution is 7.22. The number of nitrogens with zero attached hydrogens (tertiary/aromatic N) is 3. The molecule has 1 aliphatic rings. The van der Waals surface area contributed by atoms with Crippen LogP contribution in [0.25, 0.3) is 10.2 Å². The third-order valence-corrected chi connectivity index (χ3v) is 7.03. The zero-order chi connectivity index (χ0) is 22.7. The Morgan fingerprint density at radius 1 is 1.15 bits per heavy atom. The van der Waals surface area contributed by atoms with Crippen LogP contribution in [0.1, 0.15) is 33.5 Å². The van der Waals surface area contributed by atoms with Gasteiger partial charge in [-0.05, 0) is 51.0 Å². The molecule has 2 aromatic carbocycles. The molecule has 0 saturated carbocycles. The van der Waals surface area contributed by atoms with E-state index in [9.17, 15) is 4.79 Å². The molecule has 1 aliphatic heterocycles. The van der Waals surface area contributed by atoms with E-state index in [1.165, 1.54) is 0 Å². The van der Waals surface area contributed by atoms with Crippen molar-refractivity contribution in [2.24, 2.45) is 0 Å². The first-order valence-electron chi connectivity index (χ1n) is 11.1. The smallest absolute Gasteiger partial charge is 0.260 e. The number of carbonyl (C=O) groups excluding carboxylic acids is 1. The Morgan fingerprint density at radius 2 is 1.85 bits per heavy atom. The fourth-order valence-corrected chi connectivity index (χ4v) is 5.27. The number of ether oxygens (including phenoxy) is 2. The lowest BCUT2D eigenvalue weighted by atomic mass is 10.1. The number of benzene rings is 2. The molecule has 0 atom stereocenters. The van der Waals surface area contributed by atoms with Crippen LogP contribution in [0.2, 0.25) is 0 Å². The summed E-state index contributed by atoms with van der Waals surface area (Å²) in [7, 11) is 1.66. The van der Waals surface area contributed by atoms with E-state index in [2.05, 4.69) is 17.9 Å². The predicted molar refractivity (Wildman–Crippen MR) is 138 cm³/mol. The predicted octanol–water partition coefficient (Wildman–Crippen LogP) is 5.02. The summed E-state index contributed by atoms with van der Waals surface area (Å²) in [6.45, 7) is 11.1. The number of methoxy groups -OCH3 is 1. The molecule has 0 spiro atoms. The third kappa shape index (κ3) is 5.84. The number of aryl methyl sites for hydroxylation is 3. The number of morpholine rings is 1. The minimum Gasteiger partial charge on any atom is -0.494 e. The number of carbonyl (C=O) groups is 1. The van der Waals surface area contributed by atoms with E-state index in [1.54, 1.807) is 18.4 Å². The standard InChI is InChI=1S/C25H31N3O3S.ClH/c1-17-14-18(2)16-20(15-17)24(29)28(9-5-8-27-10-12-31-13-11-27)25-26-22-21(30-4)7-6-19(3)23(22)32-25;/h6-7,14-16H,5,8-13H2,1-4H3;1H. The lowest BCUT2D eigenvalue weighted by Crippen LogP contribution is -2.39. The summed E-state index contributed by atoms with van der Waals surface area (Å²) in [4.78, 5) is 22.8. The van der Waals surface area contributed by atoms with E-state index in [1.807, 2.05) is 43.0 Å². The first-order valence-corrected chi connectivity index (χ1v) is 11.9. The number of hydrogen-bond donors (Lipinski definition) is 0. The summed E-state index contributed by atoms with van der Waals surface area (Å²) in [5, 5.41) is 0.721. The summed E-state index contributed by atoms with van der Waals surface area (Å²) in [6.07, 6.45) is 0.878. The zero-order valence-electron chi connectivity index (χ0n) is 19.7. The van der Waals surface area contributed by atoms with Gasteiger partial charge in [0.1, 0.15) is 11.3 Å². The van der Waals surface area contributed by atoms with Crippen LogP contribution in [0.3, 0.4) is 0 Å². The summed E-state index contributed by atoms with van der Waals surface area (Å²) in [6, 6.07) is 9.99. The zero-order valence-corrected chi connectivity index (χ0v) is 21.4. The number of halogens is 1. The Hall–Kier alpha value is -2.19. The number of thiazole rings is 1. The van der Waals surface area contributed by atoms with Crippen molar-refractivity contribution in [3.05, 3.63) is 52.6 Å². The van der Waals surface area contributed by atoms with Gasteiger partial charge in [-0.15, -0.1) is 12.4 Å². The normalized spacial score (nSPS) is 14.2. The average Bonchev–Trinajstić information content (AvgIpc) is 3.23. The van der Waals surface area contributed by atoms with Crippen molar-refractivity contribution < 1.29 is 14.3 Å². The van der Waals surface area contributed by atoms with Crippen molar-refractivity contribution in [1.29, 1.82) is 0 Å². The first-order chi connectivity index (χ1) is 15.5. The maximum Gasteiger partial charge on any atom is 0.260 e. The third-order valence-electron chi connectivity index (χ3n) is 5.82. The first kappa shape index (κ1) is 25.4. The molecule has 0 unspecified atom stereocenters. The van der Waals surface area contributed by atoms with E-state index in [-0.39, 0.29) is 18.3 Å². The molecule has 2 heterocycles. The van der Waals surface area contributed by atoms with Crippen molar-refractivity contribution in [2.75, 3.05) is 51.4 Å². The molecule has 0 bridgehead atoms. The number of amides is 1. The number of hydrogen-bond acceptors (Lipinski definition) is 6. The van der Waals surface area contributed by atoms with E-state index in [0.717, 1.165) is 77.1 Å². The SMILES string of the molecule is COc1ccc(C)c2sc(N(CCCN3CCOCC3)C(=O)c3cc(C)cc(C)c3)nc12.Cl. The van der Waals surface area contributed by atoms with Gasteiger partial charge in [0.05, 0.1) is 25.0 Å². The average molecular weight is 490 g/mol. The molecule has 1 fully saturated rings. The molecule has 3 aromatic rings. The minimum absolute atomic E-state index is 0. The van der Waals surface area contributed by atoms with E-state index in [0.29, 0.717) is 12.1 Å². The molecule has 8 heteroatoms. The molecular weight excluding hydrogens is 458 g/mol. The molecule has 33 heavy (non-hydrogen) atoms. The summed E-state index contributed by atoms with van der Waals surface area (Å²) < 4.78 is 12.1. The number of rotatable bonds is 7. The van der Waals surface area contributed by atoms with Crippen LogP contribution < -0.4 is 9.64 Å². The second kappa shape index (κ2) is 11.3. The monoisotopic (exact) mass is 489 g/mol. The highest BCUT2D eigenvalue weighted by atomic mass is 35.5. The highest BCUT2D eigenvalue weighted by Crippen LogP contribution is 2.37. The van der Waals surface area contributed by atoms with Gasteiger partial charge in [-0.25, -0.2) is 4.98 Å². The van der Waals surface area contributed by atoms with Gasteiger partial charge in [-0.2, -0.15) is 0 Å². The quantitative estimate of drug-likeness (QED) is 0.466. The van der Waals surface area contributed by atoms with Crippen LogP contribution in [0.15, 0.2) is 30.3 Å². The summed E-state index contributed by atoms with van der Waals surface area (Å²) in [5.74, 6) is 0.731. The highest BCUT2D eigenvalue weighted by Gasteiger charge is 2.23. The second-order valence-corrected chi connectivity index (χ2v) is 9.38. The Bertz CT molecular complexity index is 1090. The van der Waals surface area contributed by atoms with Gasteiger partial charge >= 0.3 is 0 Å². The minimum atomic E-state index is -0.00514. The number of aromatic nitrogens is 1. The van der Waals surface area contributed by atoms with Crippen molar-refractivity contribution in [2.45, 2.75) is 27.2 Å². The van der Waals surface area contributed by atoms with Crippen LogP contribution in [0.5, 0.6) is 5.75 Å². The molecule has 178 valence electrons. The molecule has 4 rings (SSSR count). The van der Waals surface area contributed by atoms with Gasteiger partial charge in [-0.3, -0.25) is 14.6 Å². The topological polar surface area (TPSA) is 54.9 Å². The molecule has 1 saturated heterocycles. The molecule has 6 nitrogen and oxygen atoms in total. The Balaban J connectivity index is 0.00000306. The van der Waals surface area contributed by atoms with Crippen molar-refractivity contribution in [3.8, 4) is 5.75 Å². The number of anilines is 1. The lowest BCUT2D eigenvalue weighted by Gasteiger charge is -2.27. The summed E-state index contributed by atoms with van der Waals surface area (Å²) in [5.41, 5.74) is 4.83. The van der Waals surface area contributed by atoms with Gasteiger partial charge in [-0.1, -0.05) is 34.6 Å². The Kier molecular flexibility index (Phi) is 8.70. The van der Waals surface area contributed by atoms with Crippen molar-refractivity contribution >= 4 is 45.0 Å². The Labute approximate surface area is 205 Å². The van der Waals surface area contributed by atoms with Crippen LogP contribution in [0.4, 0.5) is 5.13 Å². The number of fused-ring (bicyclic) bond motifs is 1. The van der Waals surface area contributed by atoms with E-state index >= 15 is 0 Å². The van der Waals surface area contributed by atoms with Gasteiger partial charge in [0, 0.05) is 31.7 Å². The van der Waals surface area contributed by atoms with E-state index in [4.69, 9.17) is 14.5 Å². The van der Waals surface area contributed by atoms with Gasteiger partial charge in [0.15, 0.2) is 5.13 Å². The Morgan fingerprint density at radius 3 is 2.52 bits per heavy atom. The largest absolute Gasteiger partial charge is 0.494 e. The van der Waals surface area contributed by atoms with Crippen LogP contribution >= 0.6 is 23.7 Å². The van der Waals surface area contributed by atoms with Gasteiger partial charge < -0.3 is 9.47 Å². The molecule has 1 amide bonds. The van der Waals surface area contributed by atoms with Gasteiger partial charge in [0.25, 0.3) is 5.91 Å². The molecule has 0 N–H and O–H groups in total. The summed E-state index contributed by atoms with van der Waals surface area (Å²) >= 11 is 1.56. The van der Waals surface area contributed by atoms with Crippen molar-refractivity contribution in [1.82, 2.24) is 9.88 Å². The molecular formula is C25H32ClN3O3S. The van der Waals surface area contributed by atoms with Crippen LogP contribution in [-0.2, 0) is 4.74 Å². The fraction of sp³-hybridized carbons (Fsp3) is 0.440. The van der Waals surface area contributed by atoms with E-state index < -0.39 is 0 Å². The van der Waals surface area contributed by atoms with Crippen LogP contribution in [-0.4, -0.2) is 62.3 Å². The second-order valence-electron chi connectivity index (χ2n) is 8.40. The maximum absolute atomic E-state index is 13.7. The molecule has 1 aromatic heterocycles. The van der Waals surface area contributed by atoms with Gasteiger partial charge in [0.2, 0.25) is 0 Å². The fourth-order valence-electron chi connectivity index (χ4n) is 4.19. The van der Waals surface area contributed by atoms with Crippen molar-refractivity contribution in [3.63, 3.8) is 0 Å². The molecule has 0 aliphatic carbocycles. The lowest BCUT2D eigenvalue weighted by molar-refractivity contribution is 0.0376. The maximum atomic E-state index is 13.7. The van der Waals surface area contributed by atoms with Crippen LogP contribution in [0, 0.1) is 20.8 Å².